The van der Waals surface area contributed by atoms with Gasteiger partial charge in [0.25, 0.3) is 0 Å². The van der Waals surface area contributed by atoms with Gasteiger partial charge in [-0.15, -0.1) is 10.2 Å². The summed E-state index contributed by atoms with van der Waals surface area (Å²) in [6.07, 6.45) is 5.58. The summed E-state index contributed by atoms with van der Waals surface area (Å²) in [6, 6.07) is 7.89. The molecule has 1 fully saturated rings. The molecule has 1 aliphatic rings. The molecule has 4 aromatic rings. The predicted octanol–water partition coefficient (Wildman–Crippen LogP) is 1.18. The quantitative estimate of drug-likeness (QED) is 0.516. The van der Waals surface area contributed by atoms with Crippen molar-refractivity contribution in [2.24, 2.45) is 0 Å². The molecule has 1 saturated heterocycles. The van der Waals surface area contributed by atoms with Crippen LogP contribution in [0.15, 0.2) is 41.5 Å². The van der Waals surface area contributed by atoms with Crippen LogP contribution in [0.5, 0.6) is 0 Å². The number of carbonyl (C=O) groups is 1. The Hall–Kier alpha value is -3.69. The summed E-state index contributed by atoms with van der Waals surface area (Å²) >= 11 is 0. The van der Waals surface area contributed by atoms with E-state index in [9.17, 15) is 9.59 Å². The molecule has 0 radical (unpaired) electrons. The van der Waals surface area contributed by atoms with Gasteiger partial charge in [-0.25, -0.2) is 9.78 Å². The topological polar surface area (TPSA) is 113 Å². The first-order valence-electron chi connectivity index (χ1n) is 9.10. The molecule has 1 amide bonds. The van der Waals surface area contributed by atoms with E-state index in [1.807, 2.05) is 28.8 Å². The second-order valence-electron chi connectivity index (χ2n) is 6.77. The van der Waals surface area contributed by atoms with Crippen molar-refractivity contribution < 1.29 is 4.79 Å². The number of piperidine rings is 1. The lowest BCUT2D eigenvalue weighted by molar-refractivity contribution is -0.105. The summed E-state index contributed by atoms with van der Waals surface area (Å²) in [7, 11) is 0. The Balaban J connectivity index is 1.42. The number of para-hydroxylation sites is 2. The molecule has 0 atom stereocenters. The van der Waals surface area contributed by atoms with E-state index in [1.54, 1.807) is 16.8 Å². The number of imidazole rings is 1. The fourth-order valence-electron chi connectivity index (χ4n) is 3.96. The van der Waals surface area contributed by atoms with Gasteiger partial charge >= 0.3 is 5.69 Å². The zero-order valence-corrected chi connectivity index (χ0v) is 14.9. The molecule has 4 heterocycles. The maximum atomic E-state index is 12.5. The average Bonchev–Trinajstić information content (AvgIpc) is 3.28. The second-order valence-corrected chi connectivity index (χ2v) is 6.77. The lowest BCUT2D eigenvalue weighted by atomic mass is 10.0. The number of carbonyl (C=O) groups excluding carboxylic acids is 1. The van der Waals surface area contributed by atoms with E-state index in [0.717, 1.165) is 42.8 Å². The highest BCUT2D eigenvalue weighted by molar-refractivity contribution is 5.75. The van der Waals surface area contributed by atoms with Crippen molar-refractivity contribution in [1.82, 2.24) is 29.1 Å². The van der Waals surface area contributed by atoms with Crippen molar-refractivity contribution in [3.8, 4) is 0 Å². The highest BCUT2D eigenvalue weighted by atomic mass is 16.1. The van der Waals surface area contributed by atoms with Crippen LogP contribution in [0.2, 0.25) is 0 Å². The number of hydrogen-bond donors (Lipinski definition) is 2. The van der Waals surface area contributed by atoms with E-state index in [2.05, 4.69) is 30.4 Å². The third-order valence-corrected chi connectivity index (χ3v) is 5.25. The minimum atomic E-state index is -0.0677. The first kappa shape index (κ1) is 16.5. The van der Waals surface area contributed by atoms with Gasteiger partial charge in [-0.2, -0.15) is 0 Å². The van der Waals surface area contributed by atoms with Crippen LogP contribution >= 0.6 is 0 Å². The van der Waals surface area contributed by atoms with Gasteiger partial charge in [-0.3, -0.25) is 19.1 Å². The summed E-state index contributed by atoms with van der Waals surface area (Å²) in [5.41, 5.74) is 2.32. The Morgan fingerprint density at radius 1 is 1.18 bits per heavy atom. The number of nitrogens with one attached hydrogen (secondary N) is 2. The van der Waals surface area contributed by atoms with Crippen molar-refractivity contribution >= 4 is 34.9 Å². The van der Waals surface area contributed by atoms with E-state index in [-0.39, 0.29) is 11.7 Å². The maximum absolute atomic E-state index is 12.5. The van der Waals surface area contributed by atoms with Crippen LogP contribution in [0, 0.1) is 0 Å². The van der Waals surface area contributed by atoms with Crippen molar-refractivity contribution in [2.75, 3.05) is 23.3 Å². The van der Waals surface area contributed by atoms with Crippen LogP contribution in [0.25, 0.3) is 16.7 Å². The van der Waals surface area contributed by atoms with Gasteiger partial charge in [0.2, 0.25) is 18.0 Å². The number of fused-ring (bicyclic) bond motifs is 2. The fraction of sp³-hybridized carbons (Fsp3) is 0.278. The molecule has 0 bridgehead atoms. The minimum absolute atomic E-state index is 0.0677. The molecule has 5 rings (SSSR count). The van der Waals surface area contributed by atoms with E-state index < -0.39 is 0 Å². The van der Waals surface area contributed by atoms with Crippen LogP contribution in [0.4, 0.5) is 11.8 Å². The molecule has 3 aromatic heterocycles. The third-order valence-electron chi connectivity index (χ3n) is 5.25. The molecule has 10 heteroatoms. The molecule has 1 aromatic carbocycles. The average molecular weight is 378 g/mol. The van der Waals surface area contributed by atoms with Crippen molar-refractivity contribution in [3.05, 3.63) is 47.1 Å². The minimum Gasteiger partial charge on any atom is -0.353 e. The van der Waals surface area contributed by atoms with Crippen LogP contribution in [0.3, 0.4) is 0 Å². The van der Waals surface area contributed by atoms with Gasteiger partial charge in [-0.1, -0.05) is 12.1 Å². The normalized spacial score (nSPS) is 15.4. The lowest BCUT2D eigenvalue weighted by Gasteiger charge is -2.33. The lowest BCUT2D eigenvalue weighted by Crippen LogP contribution is -2.37. The summed E-state index contributed by atoms with van der Waals surface area (Å²) < 4.78 is 3.57. The number of aromatic amines is 1. The Bertz CT molecular complexity index is 1220. The number of rotatable bonds is 4. The molecule has 28 heavy (non-hydrogen) atoms. The number of amides is 1. The molecular weight excluding hydrogens is 360 g/mol. The number of hydrogen-bond acceptors (Lipinski definition) is 6. The molecular formula is C18H18N8O2. The van der Waals surface area contributed by atoms with Crippen LogP contribution in [0.1, 0.15) is 18.9 Å². The molecule has 10 nitrogen and oxygen atoms in total. The van der Waals surface area contributed by atoms with Gasteiger partial charge in [0.1, 0.15) is 0 Å². The standard InChI is InChI=1S/C18H18N8O2/c27-11-20-17-23-22-16-15(19-7-10-25(16)17)24-8-5-12(6-9-24)26-14-4-2-1-3-13(14)21-18(26)28/h1-4,7,10-12H,5-6,8-9H2,(H,21,28)(H,20,23,27). The molecule has 0 spiro atoms. The fourth-order valence-corrected chi connectivity index (χ4v) is 3.96. The summed E-state index contributed by atoms with van der Waals surface area (Å²) in [5, 5.41) is 10.7. The van der Waals surface area contributed by atoms with Crippen LogP contribution < -0.4 is 15.9 Å². The Morgan fingerprint density at radius 2 is 2.00 bits per heavy atom. The largest absolute Gasteiger partial charge is 0.353 e. The smallest absolute Gasteiger partial charge is 0.326 e. The van der Waals surface area contributed by atoms with E-state index in [0.29, 0.717) is 18.0 Å². The monoisotopic (exact) mass is 378 g/mol. The summed E-state index contributed by atoms with van der Waals surface area (Å²) in [6.45, 7) is 1.49. The molecule has 1 aliphatic heterocycles. The number of aromatic nitrogens is 6. The molecule has 0 saturated carbocycles. The van der Waals surface area contributed by atoms with Gasteiger partial charge < -0.3 is 9.88 Å². The predicted molar refractivity (Wildman–Crippen MR) is 104 cm³/mol. The van der Waals surface area contributed by atoms with E-state index in [4.69, 9.17) is 0 Å². The first-order valence-corrected chi connectivity index (χ1v) is 9.10. The van der Waals surface area contributed by atoms with Crippen molar-refractivity contribution in [3.63, 3.8) is 0 Å². The first-order chi connectivity index (χ1) is 13.8. The SMILES string of the molecule is O=CNc1nnc2c(N3CCC(n4c(=O)[nH]c5ccccc54)CC3)nccn12. The zero-order chi connectivity index (χ0) is 19.1. The third kappa shape index (κ3) is 2.53. The van der Waals surface area contributed by atoms with Gasteiger partial charge in [0.05, 0.1) is 11.0 Å². The Morgan fingerprint density at radius 3 is 2.82 bits per heavy atom. The zero-order valence-electron chi connectivity index (χ0n) is 14.9. The number of H-pyrrole nitrogens is 1. The highest BCUT2D eigenvalue weighted by Gasteiger charge is 2.26. The van der Waals surface area contributed by atoms with Crippen LogP contribution in [-0.4, -0.2) is 48.6 Å². The van der Waals surface area contributed by atoms with Crippen LogP contribution in [-0.2, 0) is 4.79 Å². The number of anilines is 2. The molecule has 2 N–H and O–H groups in total. The molecule has 142 valence electrons. The van der Waals surface area contributed by atoms with Gasteiger partial charge in [0.15, 0.2) is 5.82 Å². The Labute approximate surface area is 158 Å². The van der Waals surface area contributed by atoms with E-state index in [1.165, 1.54) is 0 Å². The number of benzene rings is 1. The highest BCUT2D eigenvalue weighted by Crippen LogP contribution is 2.28. The molecule has 0 unspecified atom stereocenters. The van der Waals surface area contributed by atoms with Crippen molar-refractivity contribution in [2.45, 2.75) is 18.9 Å². The Kier molecular flexibility index (Phi) is 3.81. The maximum Gasteiger partial charge on any atom is 0.326 e. The number of nitrogens with zero attached hydrogens (tertiary/aromatic N) is 6. The van der Waals surface area contributed by atoms with E-state index >= 15 is 0 Å². The summed E-state index contributed by atoms with van der Waals surface area (Å²) in [5.74, 6) is 1.08. The molecule has 0 aliphatic carbocycles. The van der Waals surface area contributed by atoms with Gasteiger partial charge in [-0.05, 0) is 25.0 Å². The second kappa shape index (κ2) is 6.48. The summed E-state index contributed by atoms with van der Waals surface area (Å²) in [4.78, 5) is 32.7. The van der Waals surface area contributed by atoms with Gasteiger partial charge in [0, 0.05) is 31.5 Å². The van der Waals surface area contributed by atoms with Crippen molar-refractivity contribution in [1.29, 1.82) is 0 Å².